The van der Waals surface area contributed by atoms with Gasteiger partial charge < -0.3 is 5.32 Å². The number of nitrogens with zero attached hydrogens (tertiary/aromatic N) is 2. The fourth-order valence-electron chi connectivity index (χ4n) is 2.13. The third-order valence-electron chi connectivity index (χ3n) is 3.29. The fourth-order valence-corrected chi connectivity index (χ4v) is 2.13. The highest BCUT2D eigenvalue weighted by Crippen LogP contribution is 2.26. The van der Waals surface area contributed by atoms with E-state index in [0.29, 0.717) is 17.2 Å². The topological polar surface area (TPSA) is 65.8 Å². The standard InChI is InChI=1S/C14H15N3O/c1-10-4-2-3-5-12(10)14(18)17-13-6-7-16-9-11(13)8-15/h2-3,6-7,9-10,12H,4-5H2,1H3,(H,16,17,18)/t10-,12-/m1/s1. The number of pyridine rings is 1. The maximum Gasteiger partial charge on any atom is 0.228 e. The Morgan fingerprint density at radius 1 is 1.50 bits per heavy atom. The Morgan fingerprint density at radius 3 is 3.00 bits per heavy atom. The zero-order valence-corrected chi connectivity index (χ0v) is 10.3. The summed E-state index contributed by atoms with van der Waals surface area (Å²) >= 11 is 0. The van der Waals surface area contributed by atoms with Crippen molar-refractivity contribution in [1.82, 2.24) is 4.98 Å². The minimum atomic E-state index is -0.0189. The fraction of sp³-hybridized carbons (Fsp3) is 0.357. The van der Waals surface area contributed by atoms with Crippen molar-refractivity contribution in [3.8, 4) is 6.07 Å². The molecule has 1 aliphatic rings. The van der Waals surface area contributed by atoms with Crippen LogP contribution in [0.15, 0.2) is 30.6 Å². The van der Waals surface area contributed by atoms with Gasteiger partial charge in [-0.1, -0.05) is 19.1 Å². The lowest BCUT2D eigenvalue weighted by Gasteiger charge is -2.24. The van der Waals surface area contributed by atoms with Crippen LogP contribution in [-0.2, 0) is 4.79 Å². The highest BCUT2D eigenvalue weighted by Gasteiger charge is 2.25. The monoisotopic (exact) mass is 241 g/mol. The summed E-state index contributed by atoms with van der Waals surface area (Å²) in [5, 5.41) is 11.8. The number of rotatable bonds is 2. The summed E-state index contributed by atoms with van der Waals surface area (Å²) in [7, 11) is 0. The van der Waals surface area contributed by atoms with Crippen molar-refractivity contribution in [2.45, 2.75) is 19.8 Å². The lowest BCUT2D eigenvalue weighted by atomic mass is 9.84. The molecule has 0 saturated carbocycles. The molecule has 2 atom stereocenters. The number of nitriles is 1. The number of hydrogen-bond acceptors (Lipinski definition) is 3. The largest absolute Gasteiger partial charge is 0.325 e. The average Bonchev–Trinajstić information content (AvgIpc) is 2.39. The molecule has 0 aliphatic heterocycles. The number of carbonyl (C=O) groups is 1. The van der Waals surface area contributed by atoms with E-state index in [1.807, 2.05) is 12.1 Å². The van der Waals surface area contributed by atoms with Gasteiger partial charge in [-0.05, 0) is 24.8 Å². The van der Waals surface area contributed by atoms with Gasteiger partial charge in [-0.25, -0.2) is 0 Å². The van der Waals surface area contributed by atoms with Crippen molar-refractivity contribution in [2.24, 2.45) is 11.8 Å². The molecule has 1 N–H and O–H groups in total. The number of amides is 1. The highest BCUT2D eigenvalue weighted by molar-refractivity contribution is 5.94. The van der Waals surface area contributed by atoms with Crippen LogP contribution in [0.2, 0.25) is 0 Å². The van der Waals surface area contributed by atoms with Gasteiger partial charge in [0.1, 0.15) is 6.07 Å². The molecule has 1 heterocycles. The van der Waals surface area contributed by atoms with Crippen LogP contribution in [-0.4, -0.2) is 10.9 Å². The second kappa shape index (κ2) is 5.46. The molecular formula is C14H15N3O. The van der Waals surface area contributed by atoms with Gasteiger partial charge in [0.25, 0.3) is 0 Å². The summed E-state index contributed by atoms with van der Waals surface area (Å²) in [6, 6.07) is 3.68. The van der Waals surface area contributed by atoms with Crippen molar-refractivity contribution in [2.75, 3.05) is 5.32 Å². The highest BCUT2D eigenvalue weighted by atomic mass is 16.1. The first kappa shape index (κ1) is 12.3. The zero-order chi connectivity index (χ0) is 13.0. The van der Waals surface area contributed by atoms with Gasteiger partial charge in [-0.2, -0.15) is 5.26 Å². The molecule has 0 radical (unpaired) electrons. The smallest absolute Gasteiger partial charge is 0.228 e. The third-order valence-corrected chi connectivity index (χ3v) is 3.29. The van der Waals surface area contributed by atoms with E-state index in [1.54, 1.807) is 12.3 Å². The quantitative estimate of drug-likeness (QED) is 0.809. The second-order valence-electron chi connectivity index (χ2n) is 4.55. The van der Waals surface area contributed by atoms with Crippen molar-refractivity contribution >= 4 is 11.6 Å². The molecule has 2 rings (SSSR count). The van der Waals surface area contributed by atoms with E-state index < -0.39 is 0 Å². The van der Waals surface area contributed by atoms with Crippen LogP contribution in [0.3, 0.4) is 0 Å². The van der Waals surface area contributed by atoms with E-state index in [0.717, 1.165) is 12.8 Å². The predicted molar refractivity (Wildman–Crippen MR) is 68.6 cm³/mol. The summed E-state index contributed by atoms with van der Waals surface area (Å²) in [6.07, 6.45) is 8.88. The first-order valence-corrected chi connectivity index (χ1v) is 6.02. The zero-order valence-electron chi connectivity index (χ0n) is 10.3. The molecule has 18 heavy (non-hydrogen) atoms. The van der Waals surface area contributed by atoms with Crippen LogP contribution in [0.5, 0.6) is 0 Å². The third kappa shape index (κ3) is 2.57. The summed E-state index contributed by atoms with van der Waals surface area (Å²) in [6.45, 7) is 2.07. The van der Waals surface area contributed by atoms with Crippen LogP contribution in [0.4, 0.5) is 5.69 Å². The summed E-state index contributed by atoms with van der Waals surface area (Å²) in [5.74, 6) is 0.298. The second-order valence-corrected chi connectivity index (χ2v) is 4.55. The molecular weight excluding hydrogens is 226 g/mol. The predicted octanol–water partition coefficient (Wildman–Crippen LogP) is 2.49. The maximum absolute atomic E-state index is 12.2. The number of carbonyl (C=O) groups excluding carboxylic acids is 1. The maximum atomic E-state index is 12.2. The Morgan fingerprint density at radius 2 is 2.28 bits per heavy atom. The van der Waals surface area contributed by atoms with Crippen molar-refractivity contribution in [1.29, 1.82) is 5.26 Å². The van der Waals surface area contributed by atoms with Crippen molar-refractivity contribution < 1.29 is 4.79 Å². The SMILES string of the molecule is C[C@@H]1CC=CC[C@H]1C(=O)Nc1ccncc1C#N. The van der Waals surface area contributed by atoms with Crippen LogP contribution >= 0.6 is 0 Å². The Kier molecular flexibility index (Phi) is 3.73. The Labute approximate surface area is 106 Å². The van der Waals surface area contributed by atoms with Gasteiger partial charge in [0.2, 0.25) is 5.91 Å². The lowest BCUT2D eigenvalue weighted by molar-refractivity contribution is -0.121. The number of allylic oxidation sites excluding steroid dienone is 2. The van der Waals surface area contributed by atoms with Crippen LogP contribution in [0, 0.1) is 23.2 Å². The van der Waals surface area contributed by atoms with E-state index in [1.165, 1.54) is 6.20 Å². The molecule has 0 fully saturated rings. The molecule has 0 bridgehead atoms. The minimum Gasteiger partial charge on any atom is -0.325 e. The number of hydrogen-bond donors (Lipinski definition) is 1. The van der Waals surface area contributed by atoms with Crippen molar-refractivity contribution in [3.63, 3.8) is 0 Å². The average molecular weight is 241 g/mol. The molecule has 1 aromatic heterocycles. The molecule has 0 saturated heterocycles. The molecule has 0 spiro atoms. The molecule has 4 heteroatoms. The Hall–Kier alpha value is -2.15. The lowest BCUT2D eigenvalue weighted by Crippen LogP contribution is -2.29. The van der Waals surface area contributed by atoms with Gasteiger partial charge in [0, 0.05) is 18.3 Å². The molecule has 4 nitrogen and oxygen atoms in total. The summed E-state index contributed by atoms with van der Waals surface area (Å²) in [4.78, 5) is 16.0. The van der Waals surface area contributed by atoms with Gasteiger partial charge in [0.15, 0.2) is 0 Å². The van der Waals surface area contributed by atoms with Crippen LogP contribution < -0.4 is 5.32 Å². The van der Waals surface area contributed by atoms with Gasteiger partial charge in [-0.3, -0.25) is 9.78 Å². The minimum absolute atomic E-state index is 0.0188. The molecule has 1 amide bonds. The van der Waals surface area contributed by atoms with E-state index in [2.05, 4.69) is 23.3 Å². The van der Waals surface area contributed by atoms with E-state index in [9.17, 15) is 4.79 Å². The molecule has 0 aromatic carbocycles. The molecule has 92 valence electrons. The Balaban J connectivity index is 2.12. The van der Waals surface area contributed by atoms with E-state index >= 15 is 0 Å². The van der Waals surface area contributed by atoms with Gasteiger partial charge >= 0.3 is 0 Å². The normalized spacial score (nSPS) is 22.2. The molecule has 0 unspecified atom stereocenters. The molecule has 1 aliphatic carbocycles. The number of anilines is 1. The van der Waals surface area contributed by atoms with Crippen LogP contribution in [0.1, 0.15) is 25.3 Å². The van der Waals surface area contributed by atoms with Crippen LogP contribution in [0.25, 0.3) is 0 Å². The van der Waals surface area contributed by atoms with E-state index in [4.69, 9.17) is 5.26 Å². The first-order valence-electron chi connectivity index (χ1n) is 6.02. The van der Waals surface area contributed by atoms with E-state index in [-0.39, 0.29) is 11.8 Å². The van der Waals surface area contributed by atoms with Crippen molar-refractivity contribution in [3.05, 3.63) is 36.2 Å². The molecule has 1 aromatic rings. The van der Waals surface area contributed by atoms with Gasteiger partial charge in [-0.15, -0.1) is 0 Å². The van der Waals surface area contributed by atoms with Gasteiger partial charge in [0.05, 0.1) is 11.3 Å². The summed E-state index contributed by atoms with van der Waals surface area (Å²) in [5.41, 5.74) is 0.934. The number of nitrogens with one attached hydrogen (secondary N) is 1. The number of aromatic nitrogens is 1. The first-order chi connectivity index (χ1) is 8.72. The Bertz CT molecular complexity index is 516. The summed E-state index contributed by atoms with van der Waals surface area (Å²) < 4.78 is 0.